The topological polar surface area (TPSA) is 20.2 Å². The zero-order valence-corrected chi connectivity index (χ0v) is 20.7. The quantitative estimate of drug-likeness (QED) is 0.454. The molecule has 4 aliphatic carbocycles. The molecule has 3 saturated carbocycles. The second-order valence-corrected chi connectivity index (χ2v) is 12.4. The number of hydrogen-bond donors (Lipinski definition) is 1. The van der Waals surface area contributed by atoms with Crippen LogP contribution in [0.5, 0.6) is 0 Å². The Hall–Kier alpha value is -0.560. The molecular formula is C29H48O. The number of aliphatic hydroxyl groups is 1. The van der Waals surface area contributed by atoms with Crippen molar-refractivity contribution in [2.75, 3.05) is 0 Å². The average Bonchev–Trinajstić information content (AvgIpc) is 3.06. The Kier molecular flexibility index (Phi) is 6.35. The van der Waals surface area contributed by atoms with Crippen LogP contribution in [0.15, 0.2) is 23.3 Å². The second kappa shape index (κ2) is 8.42. The molecular weight excluding hydrogens is 364 g/mol. The zero-order valence-electron chi connectivity index (χ0n) is 20.7. The number of fused-ring (bicyclic) bond motifs is 5. The van der Waals surface area contributed by atoms with E-state index in [2.05, 4.69) is 53.7 Å². The first-order valence-corrected chi connectivity index (χ1v) is 13.2. The van der Waals surface area contributed by atoms with E-state index in [0.717, 1.165) is 48.3 Å². The highest BCUT2D eigenvalue weighted by Crippen LogP contribution is 2.67. The lowest BCUT2D eigenvalue weighted by molar-refractivity contribution is -0.0454. The predicted octanol–water partition coefficient (Wildman–Crippen LogP) is 7.94. The first-order chi connectivity index (χ1) is 14.2. The lowest BCUT2D eigenvalue weighted by atomic mass is 9.47. The van der Waals surface area contributed by atoms with Crippen LogP contribution < -0.4 is 0 Å². The molecule has 3 fully saturated rings. The van der Waals surface area contributed by atoms with Crippen molar-refractivity contribution < 1.29 is 5.11 Å². The van der Waals surface area contributed by atoms with Crippen molar-refractivity contribution in [3.63, 3.8) is 0 Å². The summed E-state index contributed by atoms with van der Waals surface area (Å²) in [6.45, 7) is 14.8. The number of hydrogen-bond acceptors (Lipinski definition) is 1. The molecule has 0 aromatic heterocycles. The summed E-state index contributed by atoms with van der Waals surface area (Å²) >= 11 is 0. The van der Waals surface area contributed by atoms with Gasteiger partial charge in [-0.1, -0.05) is 64.3 Å². The third-order valence-corrected chi connectivity index (χ3v) is 10.8. The third-order valence-electron chi connectivity index (χ3n) is 10.8. The second-order valence-electron chi connectivity index (χ2n) is 12.4. The normalized spacial score (nSPS) is 44.9. The van der Waals surface area contributed by atoms with Gasteiger partial charge in [0.2, 0.25) is 0 Å². The first-order valence-electron chi connectivity index (χ1n) is 13.2. The Balaban J connectivity index is 1.53. The molecule has 0 unspecified atom stereocenters. The van der Waals surface area contributed by atoms with Crippen LogP contribution in [0.25, 0.3) is 0 Å². The zero-order chi connectivity index (χ0) is 21.7. The molecule has 0 saturated heterocycles. The van der Waals surface area contributed by atoms with E-state index in [1.807, 2.05) is 0 Å². The van der Waals surface area contributed by atoms with Crippen LogP contribution in [0.1, 0.15) is 106 Å². The van der Waals surface area contributed by atoms with Gasteiger partial charge in [0.25, 0.3) is 0 Å². The number of allylic oxidation sites excluding steroid dienone is 3. The molecule has 0 aromatic carbocycles. The highest BCUT2D eigenvalue weighted by molar-refractivity contribution is 5.26. The Labute approximate surface area is 186 Å². The molecule has 170 valence electrons. The fraction of sp³-hybridized carbons (Fsp3) is 0.862. The van der Waals surface area contributed by atoms with E-state index in [1.165, 1.54) is 51.4 Å². The van der Waals surface area contributed by atoms with Gasteiger partial charge in [0, 0.05) is 0 Å². The minimum atomic E-state index is -0.0869. The third kappa shape index (κ3) is 3.66. The maximum atomic E-state index is 10.2. The van der Waals surface area contributed by atoms with E-state index in [-0.39, 0.29) is 6.10 Å². The van der Waals surface area contributed by atoms with Crippen molar-refractivity contribution in [2.45, 2.75) is 112 Å². The van der Waals surface area contributed by atoms with E-state index in [9.17, 15) is 5.11 Å². The monoisotopic (exact) mass is 412 g/mol. The van der Waals surface area contributed by atoms with Crippen molar-refractivity contribution >= 4 is 0 Å². The van der Waals surface area contributed by atoms with E-state index >= 15 is 0 Å². The lowest BCUT2D eigenvalue weighted by Gasteiger charge is -2.58. The first kappa shape index (κ1) is 22.6. The van der Waals surface area contributed by atoms with E-state index in [4.69, 9.17) is 0 Å². The SMILES string of the molecule is CC[C@H](CC=C(C)[C@H]1CC[C@@H]2[C@H]3CC=C4C[C@@H](O)CC[C@]4(C)[C@@H]3CC[C@]12C)C(C)C. The average molecular weight is 413 g/mol. The van der Waals surface area contributed by atoms with Crippen molar-refractivity contribution in [3.8, 4) is 0 Å². The van der Waals surface area contributed by atoms with Gasteiger partial charge in [-0.05, 0) is 111 Å². The van der Waals surface area contributed by atoms with Crippen LogP contribution in [-0.4, -0.2) is 11.2 Å². The van der Waals surface area contributed by atoms with Gasteiger partial charge in [0.05, 0.1) is 6.10 Å². The summed E-state index contributed by atoms with van der Waals surface area (Å²) in [4.78, 5) is 0. The van der Waals surface area contributed by atoms with Crippen molar-refractivity contribution in [2.24, 2.45) is 46.3 Å². The Morgan fingerprint density at radius 3 is 2.60 bits per heavy atom. The molecule has 0 heterocycles. The molecule has 0 spiro atoms. The predicted molar refractivity (Wildman–Crippen MR) is 128 cm³/mol. The molecule has 1 N–H and O–H groups in total. The van der Waals surface area contributed by atoms with Crippen LogP contribution in [-0.2, 0) is 0 Å². The van der Waals surface area contributed by atoms with Crippen LogP contribution in [0.4, 0.5) is 0 Å². The standard InChI is InChI=1S/C29H48O/c1-7-21(19(2)3)9-8-20(4)25-12-13-26-24-11-10-22-18-23(30)14-16-28(22,5)27(24)15-17-29(25,26)6/h8,10,19,21,23-27,30H,7,9,11-18H2,1-6H3/t21-,23+,24-,25-,26-,27-,28+,29-/m1/s1. The van der Waals surface area contributed by atoms with E-state index in [1.54, 1.807) is 11.1 Å². The van der Waals surface area contributed by atoms with Gasteiger partial charge in [-0.25, -0.2) is 0 Å². The maximum Gasteiger partial charge on any atom is 0.0577 e. The van der Waals surface area contributed by atoms with Crippen molar-refractivity contribution in [3.05, 3.63) is 23.3 Å². The summed E-state index contributed by atoms with van der Waals surface area (Å²) in [6.07, 6.45) is 17.8. The summed E-state index contributed by atoms with van der Waals surface area (Å²) in [5.74, 6) is 5.07. The van der Waals surface area contributed by atoms with Crippen LogP contribution in [0.2, 0.25) is 0 Å². The molecule has 30 heavy (non-hydrogen) atoms. The molecule has 8 atom stereocenters. The van der Waals surface area contributed by atoms with Gasteiger partial charge in [0.1, 0.15) is 0 Å². The highest BCUT2D eigenvalue weighted by Gasteiger charge is 2.58. The Bertz CT molecular complexity index is 686. The molecule has 1 nitrogen and oxygen atoms in total. The van der Waals surface area contributed by atoms with Gasteiger partial charge in [-0.2, -0.15) is 0 Å². The fourth-order valence-corrected chi connectivity index (χ4v) is 8.78. The molecule has 0 aliphatic heterocycles. The molecule has 4 rings (SSSR count). The molecule has 0 aromatic rings. The molecule has 0 radical (unpaired) electrons. The molecule has 0 amide bonds. The smallest absolute Gasteiger partial charge is 0.0577 e. The maximum absolute atomic E-state index is 10.2. The van der Waals surface area contributed by atoms with Gasteiger partial charge in [-0.3, -0.25) is 0 Å². The van der Waals surface area contributed by atoms with Crippen molar-refractivity contribution in [1.82, 2.24) is 0 Å². The Morgan fingerprint density at radius 2 is 1.90 bits per heavy atom. The number of rotatable bonds is 5. The van der Waals surface area contributed by atoms with Crippen LogP contribution in [0.3, 0.4) is 0 Å². The van der Waals surface area contributed by atoms with Gasteiger partial charge < -0.3 is 5.11 Å². The Morgan fingerprint density at radius 1 is 1.13 bits per heavy atom. The minimum absolute atomic E-state index is 0.0869. The largest absolute Gasteiger partial charge is 0.393 e. The summed E-state index contributed by atoms with van der Waals surface area (Å²) in [5.41, 5.74) is 4.20. The molecule has 4 aliphatic rings. The van der Waals surface area contributed by atoms with Gasteiger partial charge in [-0.15, -0.1) is 0 Å². The minimum Gasteiger partial charge on any atom is -0.393 e. The van der Waals surface area contributed by atoms with E-state index < -0.39 is 0 Å². The highest BCUT2D eigenvalue weighted by atomic mass is 16.3. The van der Waals surface area contributed by atoms with Crippen molar-refractivity contribution in [1.29, 1.82) is 0 Å². The summed E-state index contributed by atoms with van der Waals surface area (Å²) in [5, 5.41) is 10.2. The molecule has 0 bridgehead atoms. The number of aliphatic hydroxyl groups excluding tert-OH is 1. The van der Waals surface area contributed by atoms with Crippen LogP contribution >= 0.6 is 0 Å². The van der Waals surface area contributed by atoms with Crippen LogP contribution in [0, 0.1) is 46.3 Å². The summed E-state index contributed by atoms with van der Waals surface area (Å²) in [7, 11) is 0. The van der Waals surface area contributed by atoms with Gasteiger partial charge in [0.15, 0.2) is 0 Å². The van der Waals surface area contributed by atoms with Gasteiger partial charge >= 0.3 is 0 Å². The fourth-order valence-electron chi connectivity index (χ4n) is 8.78. The van der Waals surface area contributed by atoms with E-state index in [0.29, 0.717) is 10.8 Å². The lowest BCUT2D eigenvalue weighted by Crippen LogP contribution is -2.50. The molecule has 1 heteroatoms. The summed E-state index contributed by atoms with van der Waals surface area (Å²) in [6, 6.07) is 0. The summed E-state index contributed by atoms with van der Waals surface area (Å²) < 4.78 is 0.